The molecule has 7 nitrogen and oxygen atoms in total. The van der Waals surface area contributed by atoms with Gasteiger partial charge in [-0.1, -0.05) is 12.1 Å². The number of ether oxygens (including phenoxy) is 2. The number of likely N-dealkylation sites (N-methyl/N-ethyl adjacent to an activating group) is 1. The summed E-state index contributed by atoms with van der Waals surface area (Å²) in [5.74, 6) is -1.32. The van der Waals surface area contributed by atoms with Crippen LogP contribution in [-0.4, -0.2) is 43.6 Å². The summed E-state index contributed by atoms with van der Waals surface area (Å²) in [6.07, 6.45) is 0. The van der Waals surface area contributed by atoms with E-state index in [1.165, 1.54) is 18.9 Å². The zero-order valence-corrected chi connectivity index (χ0v) is 12.7. The summed E-state index contributed by atoms with van der Waals surface area (Å²) in [7, 11) is 1.22. The first-order chi connectivity index (χ1) is 10.4. The molecule has 1 heterocycles. The average molecular weight is 306 g/mol. The highest BCUT2D eigenvalue weighted by molar-refractivity contribution is 6.16. The van der Waals surface area contributed by atoms with Crippen molar-refractivity contribution < 1.29 is 23.9 Å². The number of rotatable bonds is 4. The Kier molecular flexibility index (Phi) is 4.35. The lowest BCUT2D eigenvalue weighted by Gasteiger charge is -2.39. The Morgan fingerprint density at radius 2 is 2.05 bits per heavy atom. The van der Waals surface area contributed by atoms with E-state index in [1.807, 2.05) is 6.92 Å². The third kappa shape index (κ3) is 2.61. The van der Waals surface area contributed by atoms with Crippen molar-refractivity contribution >= 4 is 23.5 Å². The van der Waals surface area contributed by atoms with Crippen LogP contribution in [0.5, 0.6) is 5.75 Å². The zero-order valence-electron chi connectivity index (χ0n) is 12.7. The first-order valence-corrected chi connectivity index (χ1v) is 6.89. The first kappa shape index (κ1) is 15.8. The quantitative estimate of drug-likeness (QED) is 0.646. The lowest BCUT2D eigenvalue weighted by atomic mass is 10.00. The Hall–Kier alpha value is -2.57. The standard InChI is InChI=1S/C15H18N2O5/c1-4-17-10-7-5-6-8-11(10)22-15(2,14(17)20)13(19)16-9-12(18)21-3/h5-8H,4,9H2,1-3H3,(H,16,19). The number of esters is 1. The second-order valence-corrected chi connectivity index (χ2v) is 4.91. The van der Waals surface area contributed by atoms with Crippen molar-refractivity contribution in [3.63, 3.8) is 0 Å². The molecule has 118 valence electrons. The first-order valence-electron chi connectivity index (χ1n) is 6.89. The van der Waals surface area contributed by atoms with Gasteiger partial charge in [-0.05, 0) is 26.0 Å². The zero-order chi connectivity index (χ0) is 16.3. The Balaban J connectivity index is 2.29. The Morgan fingerprint density at radius 1 is 1.36 bits per heavy atom. The summed E-state index contributed by atoms with van der Waals surface area (Å²) in [5.41, 5.74) is -1.11. The Labute approximate surface area is 128 Å². The number of benzene rings is 1. The molecule has 2 rings (SSSR count). The number of nitrogens with one attached hydrogen (secondary N) is 1. The molecular formula is C15H18N2O5. The van der Waals surface area contributed by atoms with Crippen molar-refractivity contribution in [1.29, 1.82) is 0 Å². The number of amides is 2. The monoisotopic (exact) mass is 306 g/mol. The fraction of sp³-hybridized carbons (Fsp3) is 0.400. The second-order valence-electron chi connectivity index (χ2n) is 4.91. The van der Waals surface area contributed by atoms with E-state index in [0.29, 0.717) is 18.0 Å². The molecule has 1 N–H and O–H groups in total. The molecular weight excluding hydrogens is 288 g/mol. The number of fused-ring (bicyclic) bond motifs is 1. The molecule has 2 amide bonds. The van der Waals surface area contributed by atoms with Crippen LogP contribution in [-0.2, 0) is 19.1 Å². The van der Waals surface area contributed by atoms with Crippen LogP contribution in [0.1, 0.15) is 13.8 Å². The number of para-hydroxylation sites is 2. The highest BCUT2D eigenvalue weighted by Gasteiger charge is 2.50. The van der Waals surface area contributed by atoms with Crippen LogP contribution in [0.2, 0.25) is 0 Å². The second kappa shape index (κ2) is 6.05. The van der Waals surface area contributed by atoms with Gasteiger partial charge in [-0.25, -0.2) is 0 Å². The van der Waals surface area contributed by atoms with Crippen LogP contribution in [0.4, 0.5) is 5.69 Å². The SMILES string of the molecule is CCN1C(=O)C(C)(C(=O)NCC(=O)OC)Oc2ccccc21. The number of carbonyl (C=O) groups excluding carboxylic acids is 3. The predicted molar refractivity (Wildman–Crippen MR) is 78.5 cm³/mol. The van der Waals surface area contributed by atoms with Crippen molar-refractivity contribution in [2.75, 3.05) is 25.1 Å². The van der Waals surface area contributed by atoms with Gasteiger partial charge in [-0.2, -0.15) is 0 Å². The average Bonchev–Trinajstić information content (AvgIpc) is 2.53. The van der Waals surface area contributed by atoms with Gasteiger partial charge in [0.05, 0.1) is 12.8 Å². The molecule has 1 unspecified atom stereocenters. The molecule has 0 aromatic heterocycles. The Morgan fingerprint density at radius 3 is 2.68 bits per heavy atom. The molecule has 1 aliphatic rings. The molecule has 0 aliphatic carbocycles. The topological polar surface area (TPSA) is 84.9 Å². The van der Waals surface area contributed by atoms with Gasteiger partial charge in [-0.15, -0.1) is 0 Å². The molecule has 0 fully saturated rings. The summed E-state index contributed by atoms with van der Waals surface area (Å²) in [6, 6.07) is 6.99. The van der Waals surface area contributed by atoms with Crippen molar-refractivity contribution in [3.8, 4) is 5.75 Å². The van der Waals surface area contributed by atoms with E-state index in [0.717, 1.165) is 0 Å². The predicted octanol–water partition coefficient (Wildman–Crippen LogP) is 0.480. The maximum Gasteiger partial charge on any atom is 0.325 e. The summed E-state index contributed by atoms with van der Waals surface area (Å²) in [4.78, 5) is 37.6. The van der Waals surface area contributed by atoms with E-state index in [1.54, 1.807) is 24.3 Å². The van der Waals surface area contributed by atoms with Gasteiger partial charge in [0.1, 0.15) is 12.3 Å². The fourth-order valence-electron chi connectivity index (χ4n) is 2.25. The molecule has 0 saturated carbocycles. The van der Waals surface area contributed by atoms with E-state index < -0.39 is 23.4 Å². The number of methoxy groups -OCH3 is 1. The molecule has 1 aromatic carbocycles. The van der Waals surface area contributed by atoms with Gasteiger partial charge in [-0.3, -0.25) is 14.4 Å². The smallest absolute Gasteiger partial charge is 0.325 e. The van der Waals surface area contributed by atoms with Gasteiger partial charge in [0.25, 0.3) is 17.4 Å². The van der Waals surface area contributed by atoms with E-state index in [2.05, 4.69) is 10.1 Å². The largest absolute Gasteiger partial charge is 0.468 e. The summed E-state index contributed by atoms with van der Waals surface area (Å²) >= 11 is 0. The van der Waals surface area contributed by atoms with E-state index in [-0.39, 0.29) is 6.54 Å². The molecule has 0 spiro atoms. The fourth-order valence-corrected chi connectivity index (χ4v) is 2.25. The lowest BCUT2D eigenvalue weighted by Crippen LogP contribution is -2.62. The number of hydrogen-bond acceptors (Lipinski definition) is 5. The van der Waals surface area contributed by atoms with Gasteiger partial charge in [0, 0.05) is 6.54 Å². The van der Waals surface area contributed by atoms with Gasteiger partial charge < -0.3 is 19.7 Å². The number of nitrogens with zero attached hydrogens (tertiary/aromatic N) is 1. The highest BCUT2D eigenvalue weighted by atomic mass is 16.5. The normalized spacial score (nSPS) is 20.0. The van der Waals surface area contributed by atoms with E-state index >= 15 is 0 Å². The number of carbonyl (C=O) groups is 3. The van der Waals surface area contributed by atoms with Crippen LogP contribution < -0.4 is 15.0 Å². The van der Waals surface area contributed by atoms with Gasteiger partial charge in [0.15, 0.2) is 0 Å². The van der Waals surface area contributed by atoms with Crippen molar-refractivity contribution in [1.82, 2.24) is 5.32 Å². The third-order valence-electron chi connectivity index (χ3n) is 3.49. The molecule has 7 heteroatoms. The minimum absolute atomic E-state index is 0.324. The minimum atomic E-state index is -1.72. The summed E-state index contributed by atoms with van der Waals surface area (Å²) < 4.78 is 10.1. The lowest BCUT2D eigenvalue weighted by molar-refractivity contribution is -0.151. The van der Waals surface area contributed by atoms with Crippen molar-refractivity contribution in [3.05, 3.63) is 24.3 Å². The number of hydrogen-bond donors (Lipinski definition) is 1. The van der Waals surface area contributed by atoms with Gasteiger partial charge in [0.2, 0.25) is 0 Å². The molecule has 0 saturated heterocycles. The van der Waals surface area contributed by atoms with Crippen LogP contribution in [0.3, 0.4) is 0 Å². The molecule has 1 aromatic rings. The minimum Gasteiger partial charge on any atom is -0.468 e. The van der Waals surface area contributed by atoms with Gasteiger partial charge >= 0.3 is 5.97 Å². The van der Waals surface area contributed by atoms with Crippen molar-refractivity contribution in [2.24, 2.45) is 0 Å². The maximum atomic E-state index is 12.6. The van der Waals surface area contributed by atoms with Crippen molar-refractivity contribution in [2.45, 2.75) is 19.4 Å². The van der Waals surface area contributed by atoms with E-state index in [4.69, 9.17) is 4.74 Å². The van der Waals surface area contributed by atoms with Crippen LogP contribution >= 0.6 is 0 Å². The molecule has 1 atom stereocenters. The maximum absolute atomic E-state index is 12.6. The highest BCUT2D eigenvalue weighted by Crippen LogP contribution is 2.37. The molecule has 1 aliphatic heterocycles. The van der Waals surface area contributed by atoms with Crippen LogP contribution in [0.25, 0.3) is 0 Å². The molecule has 0 radical (unpaired) electrons. The summed E-state index contributed by atoms with van der Waals surface area (Å²) in [6.45, 7) is 3.28. The van der Waals surface area contributed by atoms with Crippen LogP contribution in [0, 0.1) is 0 Å². The summed E-state index contributed by atoms with van der Waals surface area (Å²) in [5, 5.41) is 2.36. The number of anilines is 1. The van der Waals surface area contributed by atoms with E-state index in [9.17, 15) is 14.4 Å². The molecule has 22 heavy (non-hydrogen) atoms. The third-order valence-corrected chi connectivity index (χ3v) is 3.49. The molecule has 0 bridgehead atoms. The Bertz CT molecular complexity index is 616. The van der Waals surface area contributed by atoms with Crippen LogP contribution in [0.15, 0.2) is 24.3 Å².